The SMILES string of the molecule is COc1ccc([N+](=O)[O-])c(N[C@H](CC(=O)OC(C)(C)C)c2c(Cl)ccc(C)c2Br)c1. The summed E-state index contributed by atoms with van der Waals surface area (Å²) in [5.41, 5.74) is 0.907. The van der Waals surface area contributed by atoms with Crippen LogP contribution in [0.3, 0.4) is 0 Å². The van der Waals surface area contributed by atoms with Crippen molar-refractivity contribution in [3.63, 3.8) is 0 Å². The number of aryl methyl sites for hydroxylation is 1. The number of carbonyl (C=O) groups is 1. The lowest BCUT2D eigenvalue weighted by Crippen LogP contribution is -2.26. The van der Waals surface area contributed by atoms with Crippen molar-refractivity contribution >= 4 is 44.9 Å². The number of nitro groups is 1. The molecule has 7 nitrogen and oxygen atoms in total. The Morgan fingerprint density at radius 1 is 1.30 bits per heavy atom. The predicted octanol–water partition coefficient (Wildman–Crippen LogP) is 6.21. The van der Waals surface area contributed by atoms with Crippen molar-refractivity contribution in [2.75, 3.05) is 12.4 Å². The van der Waals surface area contributed by atoms with Crippen LogP contribution in [0.15, 0.2) is 34.8 Å². The van der Waals surface area contributed by atoms with Gasteiger partial charge in [-0.05, 0) is 45.4 Å². The van der Waals surface area contributed by atoms with Crippen molar-refractivity contribution in [2.45, 2.75) is 45.8 Å². The van der Waals surface area contributed by atoms with Gasteiger partial charge < -0.3 is 14.8 Å². The molecule has 2 aromatic carbocycles. The molecule has 0 heterocycles. The smallest absolute Gasteiger partial charge is 0.308 e. The fourth-order valence-corrected chi connectivity index (χ4v) is 3.90. The fraction of sp³-hybridized carbons (Fsp3) is 0.381. The molecule has 2 rings (SSSR count). The highest BCUT2D eigenvalue weighted by Gasteiger charge is 2.27. The number of carbonyl (C=O) groups excluding carboxylic acids is 1. The van der Waals surface area contributed by atoms with Crippen LogP contribution in [0.5, 0.6) is 5.75 Å². The number of esters is 1. The van der Waals surface area contributed by atoms with Crippen molar-refractivity contribution < 1.29 is 19.2 Å². The van der Waals surface area contributed by atoms with Crippen LogP contribution in [-0.2, 0) is 9.53 Å². The van der Waals surface area contributed by atoms with Crippen LogP contribution in [0.25, 0.3) is 0 Å². The molecule has 1 N–H and O–H groups in total. The van der Waals surface area contributed by atoms with Gasteiger partial charge in [0.1, 0.15) is 17.0 Å². The first-order chi connectivity index (χ1) is 13.9. The van der Waals surface area contributed by atoms with Gasteiger partial charge in [-0.2, -0.15) is 0 Å². The summed E-state index contributed by atoms with van der Waals surface area (Å²) in [6.07, 6.45) is -0.0899. The number of nitrogens with zero attached hydrogens (tertiary/aromatic N) is 1. The highest BCUT2D eigenvalue weighted by Crippen LogP contribution is 2.39. The van der Waals surface area contributed by atoms with Crippen molar-refractivity contribution in [3.8, 4) is 5.75 Å². The molecule has 0 aliphatic heterocycles. The zero-order valence-electron chi connectivity index (χ0n) is 17.4. The number of halogens is 2. The minimum absolute atomic E-state index is 0.0899. The molecule has 0 saturated carbocycles. The maximum atomic E-state index is 12.6. The first kappa shape index (κ1) is 24.0. The van der Waals surface area contributed by atoms with Crippen LogP contribution >= 0.6 is 27.5 Å². The van der Waals surface area contributed by atoms with Crippen LogP contribution in [-0.4, -0.2) is 23.6 Å². The van der Waals surface area contributed by atoms with E-state index >= 15 is 0 Å². The summed E-state index contributed by atoms with van der Waals surface area (Å²) in [6, 6.07) is 7.24. The van der Waals surface area contributed by atoms with E-state index in [1.807, 2.05) is 13.0 Å². The monoisotopic (exact) mass is 498 g/mol. The summed E-state index contributed by atoms with van der Waals surface area (Å²) in [4.78, 5) is 23.6. The van der Waals surface area contributed by atoms with Gasteiger partial charge in [0.2, 0.25) is 0 Å². The van der Waals surface area contributed by atoms with Gasteiger partial charge in [-0.1, -0.05) is 33.6 Å². The number of methoxy groups -OCH3 is 1. The minimum Gasteiger partial charge on any atom is -0.497 e. The van der Waals surface area contributed by atoms with Crippen molar-refractivity contribution in [1.82, 2.24) is 0 Å². The number of nitrogens with one attached hydrogen (secondary N) is 1. The molecular weight excluding hydrogens is 476 g/mol. The molecule has 0 amide bonds. The Labute approximate surface area is 189 Å². The van der Waals surface area contributed by atoms with Gasteiger partial charge in [0, 0.05) is 27.2 Å². The maximum absolute atomic E-state index is 12.6. The molecule has 9 heteroatoms. The van der Waals surface area contributed by atoms with Crippen molar-refractivity contribution in [3.05, 3.63) is 61.1 Å². The highest BCUT2D eigenvalue weighted by molar-refractivity contribution is 9.10. The van der Waals surface area contributed by atoms with Gasteiger partial charge in [-0.3, -0.25) is 14.9 Å². The van der Waals surface area contributed by atoms with Gasteiger partial charge in [0.15, 0.2) is 0 Å². The van der Waals surface area contributed by atoms with Crippen LogP contribution in [0.4, 0.5) is 11.4 Å². The summed E-state index contributed by atoms with van der Waals surface area (Å²) in [5, 5.41) is 15.1. The average Bonchev–Trinajstić information content (AvgIpc) is 2.63. The zero-order valence-corrected chi connectivity index (χ0v) is 19.8. The Bertz CT molecular complexity index is 959. The summed E-state index contributed by atoms with van der Waals surface area (Å²) in [5.74, 6) is -0.0245. The quantitative estimate of drug-likeness (QED) is 0.276. The largest absolute Gasteiger partial charge is 0.497 e. The lowest BCUT2D eigenvalue weighted by Gasteiger charge is -2.25. The third kappa shape index (κ3) is 6.09. The van der Waals surface area contributed by atoms with E-state index in [-0.39, 0.29) is 17.8 Å². The first-order valence-electron chi connectivity index (χ1n) is 9.18. The van der Waals surface area contributed by atoms with E-state index < -0.39 is 22.5 Å². The van der Waals surface area contributed by atoms with E-state index in [2.05, 4.69) is 21.2 Å². The van der Waals surface area contributed by atoms with E-state index in [4.69, 9.17) is 21.1 Å². The van der Waals surface area contributed by atoms with E-state index in [9.17, 15) is 14.9 Å². The highest BCUT2D eigenvalue weighted by atomic mass is 79.9. The molecule has 0 fully saturated rings. The van der Waals surface area contributed by atoms with Crippen LogP contribution in [0, 0.1) is 17.0 Å². The normalized spacial score (nSPS) is 12.2. The molecule has 2 aromatic rings. The van der Waals surface area contributed by atoms with E-state index in [0.29, 0.717) is 20.8 Å². The second-order valence-corrected chi connectivity index (χ2v) is 8.92. The average molecular weight is 500 g/mol. The van der Waals surface area contributed by atoms with Gasteiger partial charge >= 0.3 is 5.97 Å². The molecule has 0 spiro atoms. The molecule has 30 heavy (non-hydrogen) atoms. The number of nitro benzene ring substituents is 1. The van der Waals surface area contributed by atoms with E-state index in [0.717, 1.165) is 5.56 Å². The summed E-state index contributed by atoms with van der Waals surface area (Å²) in [7, 11) is 1.47. The molecule has 0 unspecified atom stereocenters. The molecule has 0 bridgehead atoms. The molecule has 0 aliphatic carbocycles. The number of anilines is 1. The lowest BCUT2D eigenvalue weighted by atomic mass is 10.0. The molecular formula is C21H24BrClN2O5. The number of ether oxygens (including phenoxy) is 2. The standard InChI is InChI=1S/C21H24BrClN2O5/c1-12-6-8-14(23)19(20(12)22)16(11-18(26)30-21(2,3)4)24-15-10-13(29-5)7-9-17(15)25(27)28/h6-10,16,24H,11H2,1-5H3/t16-/m1/s1. The molecule has 162 valence electrons. The minimum atomic E-state index is -0.688. The number of rotatable bonds is 7. The number of benzene rings is 2. The summed E-state index contributed by atoms with van der Waals surface area (Å²) < 4.78 is 11.4. The van der Waals surface area contributed by atoms with Crippen LogP contribution in [0.1, 0.15) is 44.4 Å². The maximum Gasteiger partial charge on any atom is 0.308 e. The topological polar surface area (TPSA) is 90.7 Å². The Morgan fingerprint density at radius 2 is 1.97 bits per heavy atom. The van der Waals surface area contributed by atoms with Gasteiger partial charge in [0.25, 0.3) is 5.69 Å². The summed E-state index contributed by atoms with van der Waals surface area (Å²) >= 11 is 10.00. The molecule has 0 aromatic heterocycles. The lowest BCUT2D eigenvalue weighted by molar-refractivity contribution is -0.384. The molecule has 1 atom stereocenters. The molecule has 0 radical (unpaired) electrons. The van der Waals surface area contributed by atoms with E-state index in [1.54, 1.807) is 26.8 Å². The predicted molar refractivity (Wildman–Crippen MR) is 120 cm³/mol. The zero-order chi connectivity index (χ0) is 22.6. The Balaban J connectivity index is 2.54. The Hall–Kier alpha value is -2.32. The Morgan fingerprint density at radius 3 is 2.53 bits per heavy atom. The van der Waals surface area contributed by atoms with Crippen molar-refractivity contribution in [2.24, 2.45) is 0 Å². The van der Waals surface area contributed by atoms with Gasteiger partial charge in [0.05, 0.1) is 24.5 Å². The summed E-state index contributed by atoms with van der Waals surface area (Å²) in [6.45, 7) is 7.21. The van der Waals surface area contributed by atoms with Crippen molar-refractivity contribution in [1.29, 1.82) is 0 Å². The first-order valence-corrected chi connectivity index (χ1v) is 10.4. The van der Waals surface area contributed by atoms with Gasteiger partial charge in [-0.25, -0.2) is 0 Å². The van der Waals surface area contributed by atoms with Crippen LogP contribution in [0.2, 0.25) is 5.02 Å². The van der Waals surface area contributed by atoms with Gasteiger partial charge in [-0.15, -0.1) is 0 Å². The molecule has 0 saturated heterocycles. The second-order valence-electron chi connectivity index (χ2n) is 7.72. The number of hydrogen-bond acceptors (Lipinski definition) is 6. The van der Waals surface area contributed by atoms with Crippen LogP contribution < -0.4 is 10.1 Å². The van der Waals surface area contributed by atoms with E-state index in [1.165, 1.54) is 25.3 Å². The molecule has 0 aliphatic rings. The Kier molecular flexibility index (Phi) is 7.71. The third-order valence-electron chi connectivity index (χ3n) is 4.19. The third-order valence-corrected chi connectivity index (χ3v) is 5.57. The number of hydrogen-bond donors (Lipinski definition) is 1. The second kappa shape index (κ2) is 9.66. The fourth-order valence-electron chi connectivity index (χ4n) is 2.88.